The van der Waals surface area contributed by atoms with Crippen molar-refractivity contribution < 1.29 is 13.5 Å². The fourth-order valence-electron chi connectivity index (χ4n) is 1.62. The highest BCUT2D eigenvalue weighted by Crippen LogP contribution is 2.16. The normalized spacial score (nSPS) is 13.6. The number of aliphatic hydroxyl groups is 1. The van der Waals surface area contributed by atoms with Crippen molar-refractivity contribution in [3.05, 3.63) is 29.8 Å². The topological polar surface area (TPSA) is 66.4 Å². The van der Waals surface area contributed by atoms with E-state index < -0.39 is 15.9 Å². The van der Waals surface area contributed by atoms with Crippen LogP contribution in [0.4, 0.5) is 0 Å². The molecule has 2 N–H and O–H groups in total. The third-order valence-corrected chi connectivity index (χ3v) is 4.42. The van der Waals surface area contributed by atoms with E-state index >= 15 is 0 Å². The molecule has 0 aromatic heterocycles. The monoisotopic (exact) mass is 257 g/mol. The Labute approximate surface area is 103 Å². The van der Waals surface area contributed by atoms with Gasteiger partial charge >= 0.3 is 0 Å². The maximum atomic E-state index is 12.0. The molecule has 0 heterocycles. The van der Waals surface area contributed by atoms with Gasteiger partial charge in [-0.15, -0.1) is 0 Å². The van der Waals surface area contributed by atoms with Gasteiger partial charge in [-0.05, 0) is 25.1 Å². The van der Waals surface area contributed by atoms with Gasteiger partial charge < -0.3 is 10.4 Å². The second-order valence-electron chi connectivity index (χ2n) is 4.01. The van der Waals surface area contributed by atoms with E-state index in [0.29, 0.717) is 23.5 Å². The lowest BCUT2D eigenvalue weighted by atomic mass is 10.2. The Morgan fingerprint density at radius 3 is 2.59 bits per heavy atom. The van der Waals surface area contributed by atoms with Crippen molar-refractivity contribution >= 4 is 9.84 Å². The molecular weight excluding hydrogens is 238 g/mol. The van der Waals surface area contributed by atoms with E-state index in [-0.39, 0.29) is 5.75 Å². The molecule has 0 aliphatic carbocycles. The van der Waals surface area contributed by atoms with E-state index in [1.54, 1.807) is 31.2 Å². The first-order valence-corrected chi connectivity index (χ1v) is 7.29. The minimum atomic E-state index is -3.41. The van der Waals surface area contributed by atoms with E-state index in [1.807, 2.05) is 6.92 Å². The summed E-state index contributed by atoms with van der Waals surface area (Å²) < 4.78 is 24.1. The Morgan fingerprint density at radius 1 is 1.35 bits per heavy atom. The van der Waals surface area contributed by atoms with Crippen LogP contribution in [-0.2, 0) is 9.84 Å². The van der Waals surface area contributed by atoms with Crippen molar-refractivity contribution in [3.63, 3.8) is 0 Å². The number of aliphatic hydroxyl groups excluding tert-OH is 1. The smallest absolute Gasteiger partial charge is 0.181 e. The number of hydrogen-bond acceptors (Lipinski definition) is 4. The molecule has 17 heavy (non-hydrogen) atoms. The van der Waals surface area contributed by atoms with Gasteiger partial charge in [-0.3, -0.25) is 0 Å². The summed E-state index contributed by atoms with van der Waals surface area (Å²) in [5.74, 6) is -0.245. The highest BCUT2D eigenvalue weighted by atomic mass is 32.2. The molecule has 1 aromatic rings. The van der Waals surface area contributed by atoms with Crippen molar-refractivity contribution in [2.75, 3.05) is 18.8 Å². The molecule has 1 atom stereocenters. The average molecular weight is 257 g/mol. The summed E-state index contributed by atoms with van der Waals surface area (Å²) in [5.41, 5.74) is 0.711. The number of aryl methyl sites for hydroxylation is 1. The first-order chi connectivity index (χ1) is 7.97. The zero-order valence-corrected chi connectivity index (χ0v) is 11.0. The van der Waals surface area contributed by atoms with Gasteiger partial charge in [0.2, 0.25) is 0 Å². The number of sulfone groups is 1. The first-order valence-electron chi connectivity index (χ1n) is 5.64. The minimum Gasteiger partial charge on any atom is -0.391 e. The summed E-state index contributed by atoms with van der Waals surface area (Å²) in [6.07, 6.45) is -0.875. The van der Waals surface area contributed by atoms with Crippen LogP contribution in [0.25, 0.3) is 0 Å². The van der Waals surface area contributed by atoms with Gasteiger partial charge in [0, 0.05) is 6.54 Å². The van der Waals surface area contributed by atoms with Crippen molar-refractivity contribution in [1.82, 2.24) is 5.32 Å². The Kier molecular flexibility index (Phi) is 5.11. The molecule has 0 spiro atoms. The van der Waals surface area contributed by atoms with Crippen molar-refractivity contribution in [1.29, 1.82) is 0 Å². The van der Waals surface area contributed by atoms with E-state index in [4.69, 9.17) is 0 Å². The molecule has 1 aromatic carbocycles. The summed E-state index contributed by atoms with van der Waals surface area (Å²) in [6, 6.07) is 6.81. The molecule has 0 aliphatic heterocycles. The van der Waals surface area contributed by atoms with Gasteiger partial charge in [0.1, 0.15) is 0 Å². The molecule has 1 unspecified atom stereocenters. The summed E-state index contributed by atoms with van der Waals surface area (Å²) in [5, 5.41) is 12.5. The molecule has 0 amide bonds. The molecule has 0 saturated carbocycles. The van der Waals surface area contributed by atoms with Gasteiger partial charge in [-0.25, -0.2) is 8.42 Å². The molecule has 0 bridgehead atoms. The second kappa shape index (κ2) is 6.14. The van der Waals surface area contributed by atoms with Crippen LogP contribution in [0.5, 0.6) is 0 Å². The van der Waals surface area contributed by atoms with Crippen LogP contribution >= 0.6 is 0 Å². The van der Waals surface area contributed by atoms with E-state index in [9.17, 15) is 13.5 Å². The largest absolute Gasteiger partial charge is 0.391 e. The Morgan fingerprint density at radius 2 is 2.00 bits per heavy atom. The molecule has 4 nitrogen and oxygen atoms in total. The van der Waals surface area contributed by atoms with Crippen LogP contribution in [0.1, 0.15) is 12.5 Å². The van der Waals surface area contributed by atoms with Crippen LogP contribution in [0.3, 0.4) is 0 Å². The highest BCUT2D eigenvalue weighted by molar-refractivity contribution is 7.91. The van der Waals surface area contributed by atoms with Crippen LogP contribution in [-0.4, -0.2) is 38.5 Å². The molecule has 1 rings (SSSR count). The van der Waals surface area contributed by atoms with Crippen LogP contribution < -0.4 is 5.32 Å². The number of likely N-dealkylation sites (N-methyl/N-ethyl adjacent to an activating group) is 1. The first kappa shape index (κ1) is 14.2. The third-order valence-electron chi connectivity index (χ3n) is 2.47. The number of rotatable bonds is 6. The lowest BCUT2D eigenvalue weighted by molar-refractivity contribution is 0.194. The quantitative estimate of drug-likeness (QED) is 0.789. The molecule has 5 heteroatoms. The van der Waals surface area contributed by atoms with Crippen molar-refractivity contribution in [3.8, 4) is 0 Å². The number of hydrogen-bond donors (Lipinski definition) is 2. The Bertz CT molecular complexity index is 457. The van der Waals surface area contributed by atoms with Crippen molar-refractivity contribution in [2.45, 2.75) is 24.8 Å². The number of nitrogens with one attached hydrogen (secondary N) is 1. The predicted molar refractivity (Wildman–Crippen MR) is 67.8 cm³/mol. The minimum absolute atomic E-state index is 0.245. The highest BCUT2D eigenvalue weighted by Gasteiger charge is 2.20. The average Bonchev–Trinajstić information content (AvgIpc) is 2.26. The Balaban J connectivity index is 2.79. The maximum Gasteiger partial charge on any atom is 0.181 e. The molecule has 0 radical (unpaired) electrons. The van der Waals surface area contributed by atoms with Gasteiger partial charge in [-0.1, -0.05) is 25.1 Å². The lowest BCUT2D eigenvalue weighted by Crippen LogP contribution is -2.32. The van der Waals surface area contributed by atoms with Crippen LogP contribution in [0.15, 0.2) is 29.2 Å². The summed E-state index contributed by atoms with van der Waals surface area (Å²) >= 11 is 0. The zero-order valence-electron chi connectivity index (χ0n) is 10.2. The van der Waals surface area contributed by atoms with Gasteiger partial charge in [0.25, 0.3) is 0 Å². The molecule has 0 fully saturated rings. The maximum absolute atomic E-state index is 12.0. The SMILES string of the molecule is CCNCC(O)CS(=O)(=O)c1ccccc1C. The lowest BCUT2D eigenvalue weighted by Gasteiger charge is -2.12. The van der Waals surface area contributed by atoms with E-state index in [1.165, 1.54) is 0 Å². The van der Waals surface area contributed by atoms with Crippen LogP contribution in [0, 0.1) is 6.92 Å². The molecular formula is C12H19NO3S. The standard InChI is InChI=1S/C12H19NO3S/c1-3-13-8-11(14)9-17(15,16)12-7-5-4-6-10(12)2/h4-7,11,13-14H,3,8-9H2,1-2H3. The van der Waals surface area contributed by atoms with E-state index in [2.05, 4.69) is 5.32 Å². The van der Waals surface area contributed by atoms with E-state index in [0.717, 1.165) is 0 Å². The Hall–Kier alpha value is -0.910. The van der Waals surface area contributed by atoms with Crippen LogP contribution in [0.2, 0.25) is 0 Å². The van der Waals surface area contributed by atoms with Gasteiger partial charge in [0.15, 0.2) is 9.84 Å². The van der Waals surface area contributed by atoms with Gasteiger partial charge in [-0.2, -0.15) is 0 Å². The zero-order chi connectivity index (χ0) is 12.9. The molecule has 0 aliphatic rings. The van der Waals surface area contributed by atoms with Crippen molar-refractivity contribution in [2.24, 2.45) is 0 Å². The summed E-state index contributed by atoms with van der Waals surface area (Å²) in [4.78, 5) is 0.301. The fourth-order valence-corrected chi connectivity index (χ4v) is 3.27. The summed E-state index contributed by atoms with van der Waals surface area (Å²) in [7, 11) is -3.41. The fraction of sp³-hybridized carbons (Fsp3) is 0.500. The molecule has 0 saturated heterocycles. The van der Waals surface area contributed by atoms with Gasteiger partial charge in [0.05, 0.1) is 16.8 Å². The second-order valence-corrected chi connectivity index (χ2v) is 6.01. The molecule has 96 valence electrons. The predicted octanol–water partition coefficient (Wildman–Crippen LogP) is 0.739. The number of benzene rings is 1. The summed E-state index contributed by atoms with van der Waals surface area (Å²) in [6.45, 7) is 4.66. The third kappa shape index (κ3) is 4.11.